The van der Waals surface area contributed by atoms with Gasteiger partial charge in [-0.15, -0.1) is 11.3 Å². The maximum absolute atomic E-state index is 12.4. The first-order valence-electron chi connectivity index (χ1n) is 31.9. The summed E-state index contributed by atoms with van der Waals surface area (Å²) in [4.78, 5) is 45.1. The van der Waals surface area contributed by atoms with E-state index in [0.717, 1.165) is 123 Å². The average molecular weight is 1190 g/mol. The van der Waals surface area contributed by atoms with Crippen LogP contribution in [-0.2, 0) is 16.1 Å². The first kappa shape index (κ1) is 62.4. The highest BCUT2D eigenvalue weighted by Gasteiger charge is 2.46. The summed E-state index contributed by atoms with van der Waals surface area (Å²) >= 11 is 1.63. The molecule has 0 radical (unpaired) electrons. The Bertz CT molecular complexity index is 3050. The number of hydrogen-bond acceptors (Lipinski definition) is 17. The number of amides is 2. The number of carbonyl (C=O) groups is 2. The van der Waals surface area contributed by atoms with Crippen LogP contribution >= 0.6 is 11.3 Å². The number of benzene rings is 2. The number of pyridine rings is 1. The fourth-order valence-corrected chi connectivity index (χ4v) is 14.8. The Morgan fingerprint density at radius 1 is 0.884 bits per heavy atom. The summed E-state index contributed by atoms with van der Waals surface area (Å²) in [6.45, 7) is 22.9. The number of phenolic OH excluding ortho intramolecular Hbond substituents is 1. The van der Waals surface area contributed by atoms with Crippen LogP contribution < -0.4 is 37.5 Å². The molecule has 86 heavy (non-hydrogen) atoms. The predicted octanol–water partition coefficient (Wildman–Crippen LogP) is 9.34. The number of rotatable bonds is 21. The number of nitrogens with one attached hydrogen (secondary N) is 2. The van der Waals surface area contributed by atoms with Gasteiger partial charge < -0.3 is 66.7 Å². The molecule has 5 saturated heterocycles. The zero-order valence-corrected chi connectivity index (χ0v) is 52.4. The van der Waals surface area contributed by atoms with E-state index in [9.17, 15) is 14.7 Å². The smallest absolute Gasteiger partial charge is 0.243 e. The summed E-state index contributed by atoms with van der Waals surface area (Å²) in [6.07, 6.45) is 18.4. The van der Waals surface area contributed by atoms with Crippen LogP contribution in [0.4, 0.5) is 5.82 Å². The number of aryl methyl sites for hydroxylation is 1. The lowest BCUT2D eigenvalue weighted by molar-refractivity contribution is -0.131. The van der Waals surface area contributed by atoms with Gasteiger partial charge in [-0.25, -0.2) is 9.97 Å². The number of allylic oxidation sites excluding steroid dienone is 1. The van der Waals surface area contributed by atoms with Crippen molar-refractivity contribution in [1.29, 1.82) is 0 Å². The summed E-state index contributed by atoms with van der Waals surface area (Å²) in [7, 11) is 0. The zero-order chi connectivity index (χ0) is 60.3. The molecule has 4 atom stereocenters. The Morgan fingerprint density at radius 2 is 1.62 bits per heavy atom. The van der Waals surface area contributed by atoms with Gasteiger partial charge in [-0.3, -0.25) is 9.59 Å². The summed E-state index contributed by atoms with van der Waals surface area (Å²) in [5.41, 5.74) is 27.4. The first-order chi connectivity index (χ1) is 41.6. The number of aromatic hydroxyl groups is 1. The van der Waals surface area contributed by atoms with Gasteiger partial charge in [0.2, 0.25) is 18.2 Å². The second-order valence-corrected chi connectivity index (χ2v) is 26.9. The molecular formula is C67H95N13O5S. The molecule has 2 aromatic carbocycles. The van der Waals surface area contributed by atoms with Crippen molar-refractivity contribution in [3.05, 3.63) is 124 Å². The van der Waals surface area contributed by atoms with E-state index in [-0.39, 0.29) is 35.7 Å². The lowest BCUT2D eigenvalue weighted by Gasteiger charge is -2.54. The molecule has 2 amide bonds. The highest BCUT2D eigenvalue weighted by atomic mass is 32.1. The quantitative estimate of drug-likeness (QED) is 0.0297. The number of ether oxygens (including phenoxy) is 1. The Labute approximate surface area is 514 Å². The van der Waals surface area contributed by atoms with Crippen molar-refractivity contribution in [3.8, 4) is 22.1 Å². The van der Waals surface area contributed by atoms with Crippen LogP contribution in [0.25, 0.3) is 16.1 Å². The molecular weight excluding hydrogens is 1100 g/mol. The number of hydrogen-bond donors (Lipinski definition) is 6. The lowest BCUT2D eigenvalue weighted by atomic mass is 9.57. The molecule has 4 unspecified atom stereocenters. The fourth-order valence-electron chi connectivity index (χ4n) is 14.0. The number of aromatic nitrogens is 3. The lowest BCUT2D eigenvalue weighted by Crippen LogP contribution is -2.51. The van der Waals surface area contributed by atoms with Crippen LogP contribution in [0, 0.1) is 30.1 Å². The Balaban J connectivity index is 0.000000285. The Hall–Kier alpha value is -6.67. The van der Waals surface area contributed by atoms with E-state index in [4.69, 9.17) is 26.5 Å². The largest absolute Gasteiger partial charge is 0.507 e. The first-order valence-corrected chi connectivity index (χ1v) is 32.8. The van der Waals surface area contributed by atoms with Crippen molar-refractivity contribution in [2.75, 3.05) is 76.9 Å². The normalized spacial score (nSPS) is 21.4. The number of para-hydroxylation sites is 1. The molecule has 1 saturated carbocycles. The van der Waals surface area contributed by atoms with Gasteiger partial charge >= 0.3 is 0 Å². The van der Waals surface area contributed by atoms with Gasteiger partial charge in [0.05, 0.1) is 27.8 Å². The van der Waals surface area contributed by atoms with Crippen LogP contribution in [-0.4, -0.2) is 142 Å². The molecule has 5 aromatic rings. The number of likely N-dealkylation sites (tertiary alicyclic amines) is 3. The highest BCUT2D eigenvalue weighted by molar-refractivity contribution is 7.13. The van der Waals surface area contributed by atoms with E-state index < -0.39 is 0 Å². The minimum atomic E-state index is -0.330. The number of piperidine rings is 3. The number of nitrogens with zero attached hydrogens (tertiary/aromatic N) is 8. The molecule has 8 heterocycles. The van der Waals surface area contributed by atoms with Crippen molar-refractivity contribution in [1.82, 2.24) is 45.4 Å². The molecule has 3 aromatic heterocycles. The van der Waals surface area contributed by atoms with Gasteiger partial charge in [0.25, 0.3) is 0 Å². The van der Waals surface area contributed by atoms with Crippen LogP contribution in [0.2, 0.25) is 0 Å². The van der Waals surface area contributed by atoms with Crippen LogP contribution in [0.3, 0.4) is 0 Å². The number of nitrogens with two attached hydrogens (primary N) is 3. The summed E-state index contributed by atoms with van der Waals surface area (Å²) < 4.78 is 12.3. The van der Waals surface area contributed by atoms with E-state index in [1.54, 1.807) is 40.5 Å². The fraction of sp³-hybridized carbons (Fsp3) is 0.567. The standard InChI is InChI=1S/C49H74N10O3.C18H21N3O2S/c1-34(2)35(3)45-27-46(55-62-45)58-21-11-36(12-22-58)30-57-23-15-49(16-24-57)28-38(29-49)31-56-19-13-40(14-20-56)61-47-25-37(10-18-54-47)32-59(33-39-7-6-17-53-39)43(48(51)52)26-42(50)41-8-4-5-9-44(41)60;1-12(20-18(23)16-4-3-9-21(16)11-22)14-5-7-15(8-6-14)17-13(2)19-10-24-17/h4-5,8-10,18,25-27,34-36,38-40,53,60H,6-7,11-17,19-24,28-33,50-52H2,1-3H3;5-8,10-12,16H,3-4,9H2,1-2H3,(H,20,23)/b42-26-;. The summed E-state index contributed by atoms with van der Waals surface area (Å²) in [5, 5.41) is 21.5. The topological polar surface area (TPSA) is 234 Å². The minimum absolute atomic E-state index is 0.0746. The van der Waals surface area contributed by atoms with Gasteiger partial charge in [0.1, 0.15) is 29.5 Å². The third-order valence-electron chi connectivity index (χ3n) is 19.5. The van der Waals surface area contributed by atoms with E-state index in [1.165, 1.54) is 69.6 Å². The molecule has 6 fully saturated rings. The second kappa shape index (κ2) is 28.9. The van der Waals surface area contributed by atoms with Crippen molar-refractivity contribution in [2.24, 2.45) is 40.4 Å². The summed E-state index contributed by atoms with van der Waals surface area (Å²) in [5.74, 6) is 5.48. The third kappa shape index (κ3) is 15.9. The van der Waals surface area contributed by atoms with E-state index >= 15 is 0 Å². The molecule has 19 heteroatoms. The van der Waals surface area contributed by atoms with E-state index in [0.29, 0.717) is 65.8 Å². The van der Waals surface area contributed by atoms with Gasteiger partial charge in [-0.05, 0) is 175 Å². The molecule has 18 nitrogen and oxygen atoms in total. The van der Waals surface area contributed by atoms with Crippen molar-refractivity contribution >= 4 is 35.2 Å². The maximum atomic E-state index is 12.4. The Kier molecular flexibility index (Phi) is 21.0. The number of anilines is 1. The average Bonchev–Trinajstić information content (AvgIpc) is 1.73. The molecule has 11 rings (SSSR count). The maximum Gasteiger partial charge on any atom is 0.243 e. The van der Waals surface area contributed by atoms with Crippen molar-refractivity contribution in [3.63, 3.8) is 0 Å². The predicted molar refractivity (Wildman–Crippen MR) is 342 cm³/mol. The molecule has 1 spiro atoms. The Morgan fingerprint density at radius 3 is 2.29 bits per heavy atom. The highest BCUT2D eigenvalue weighted by Crippen LogP contribution is 2.53. The van der Waals surface area contributed by atoms with Crippen molar-refractivity contribution < 1.29 is 24.0 Å². The number of thiazole rings is 1. The second-order valence-electron chi connectivity index (χ2n) is 26.0. The van der Waals surface area contributed by atoms with Gasteiger partial charge in [0.15, 0.2) is 5.82 Å². The molecule has 0 bridgehead atoms. The summed E-state index contributed by atoms with van der Waals surface area (Å²) in [6, 6.07) is 21.3. The third-order valence-corrected chi connectivity index (χ3v) is 20.5. The number of carbonyl (C=O) groups excluding carboxylic acids is 2. The van der Waals surface area contributed by atoms with E-state index in [1.807, 2.05) is 55.9 Å². The van der Waals surface area contributed by atoms with Gasteiger partial charge in [-0.2, -0.15) is 0 Å². The minimum Gasteiger partial charge on any atom is -0.507 e. The molecule has 6 aliphatic rings. The molecule has 9 N–H and O–H groups in total. The van der Waals surface area contributed by atoms with Crippen LogP contribution in [0.5, 0.6) is 11.6 Å². The SMILES string of the molecule is CC(C)C(C)c1cc(N2CCC(CN3CCC4(CC3)CC(CN3CCC(Oc5cc(CN(CC6CCCN6)C(/C=C(\N)c6ccccc6O)=C(N)N)ccn5)CC3)C4)CC2)no1.Cc1ncsc1-c1ccc(C(C)NC(=O)C2CCCN2C=O)cc1. The monoisotopic (exact) mass is 1190 g/mol. The van der Waals surface area contributed by atoms with Crippen molar-refractivity contribution in [2.45, 2.75) is 148 Å². The van der Waals surface area contributed by atoms with Crippen LogP contribution in [0.15, 0.2) is 101 Å². The van der Waals surface area contributed by atoms with Crippen LogP contribution in [0.1, 0.15) is 145 Å². The van der Waals surface area contributed by atoms with E-state index in [2.05, 4.69) is 84.3 Å². The molecule has 464 valence electrons. The van der Waals surface area contributed by atoms with Gasteiger partial charge in [-0.1, -0.05) is 62.3 Å². The molecule has 5 aliphatic heterocycles. The molecule has 1 aliphatic carbocycles. The van der Waals surface area contributed by atoms with Gasteiger partial charge in [0, 0.05) is 100 Å². The number of phenols is 1. The zero-order valence-electron chi connectivity index (χ0n) is 51.5.